The normalized spacial score (nSPS) is 13.4. The SMILES string of the molecule is C[C@H](Nc1ccc(-c2cc(-c3cc4c([nH]3)CCNC4=O)ccn2)cn1)c1ccccc1.O=C(O)C(F)(F)F. The van der Waals surface area contributed by atoms with E-state index in [4.69, 9.17) is 9.90 Å². The first-order chi connectivity index (χ1) is 18.1. The summed E-state index contributed by atoms with van der Waals surface area (Å²) in [6.07, 6.45) is -0.646. The molecule has 1 aliphatic rings. The maximum atomic E-state index is 12.1. The minimum Gasteiger partial charge on any atom is -0.475 e. The van der Waals surface area contributed by atoms with Crippen LogP contribution in [0.1, 0.15) is 34.6 Å². The van der Waals surface area contributed by atoms with E-state index in [1.807, 2.05) is 54.7 Å². The number of halogens is 3. The summed E-state index contributed by atoms with van der Waals surface area (Å²) in [5.74, 6) is -1.96. The predicted octanol–water partition coefficient (Wildman–Crippen LogP) is 5.23. The van der Waals surface area contributed by atoms with Gasteiger partial charge in [-0.2, -0.15) is 13.2 Å². The second-order valence-corrected chi connectivity index (χ2v) is 8.52. The minimum absolute atomic E-state index is 0.0185. The van der Waals surface area contributed by atoms with Crippen molar-refractivity contribution in [2.24, 2.45) is 0 Å². The summed E-state index contributed by atoms with van der Waals surface area (Å²) in [4.78, 5) is 33.4. The topological polar surface area (TPSA) is 120 Å². The molecule has 4 heterocycles. The largest absolute Gasteiger partial charge is 0.490 e. The van der Waals surface area contributed by atoms with Crippen LogP contribution >= 0.6 is 0 Å². The molecule has 11 heteroatoms. The molecule has 0 aliphatic carbocycles. The summed E-state index contributed by atoms with van der Waals surface area (Å²) in [5.41, 5.74) is 6.62. The van der Waals surface area contributed by atoms with Gasteiger partial charge >= 0.3 is 12.1 Å². The molecule has 0 saturated carbocycles. The van der Waals surface area contributed by atoms with Crippen LogP contribution in [0.4, 0.5) is 19.0 Å². The summed E-state index contributed by atoms with van der Waals surface area (Å²) in [7, 11) is 0. The fourth-order valence-corrected chi connectivity index (χ4v) is 3.88. The Morgan fingerprint density at radius 3 is 2.42 bits per heavy atom. The number of nitrogens with zero attached hydrogens (tertiary/aromatic N) is 2. The molecule has 0 fully saturated rings. The number of benzene rings is 1. The van der Waals surface area contributed by atoms with Gasteiger partial charge in [0.1, 0.15) is 5.82 Å². The second-order valence-electron chi connectivity index (χ2n) is 8.52. The van der Waals surface area contributed by atoms with E-state index in [1.54, 1.807) is 6.20 Å². The van der Waals surface area contributed by atoms with Crippen molar-refractivity contribution in [3.8, 4) is 22.5 Å². The van der Waals surface area contributed by atoms with Gasteiger partial charge < -0.3 is 20.7 Å². The molecule has 4 aromatic rings. The first kappa shape index (κ1) is 26.4. The second kappa shape index (κ2) is 11.2. The smallest absolute Gasteiger partial charge is 0.475 e. The third-order valence-electron chi connectivity index (χ3n) is 5.84. The molecule has 1 aliphatic heterocycles. The molecule has 1 aromatic carbocycles. The number of carboxylic acid groups (broad SMARTS) is 1. The number of nitrogens with one attached hydrogen (secondary N) is 3. The lowest BCUT2D eigenvalue weighted by Crippen LogP contribution is -2.31. The van der Waals surface area contributed by atoms with Gasteiger partial charge in [0, 0.05) is 53.9 Å². The molecule has 8 nitrogen and oxygen atoms in total. The van der Waals surface area contributed by atoms with E-state index in [9.17, 15) is 18.0 Å². The number of rotatable bonds is 5. The number of carboxylic acids is 1. The maximum absolute atomic E-state index is 12.1. The van der Waals surface area contributed by atoms with Crippen LogP contribution in [0.25, 0.3) is 22.5 Å². The molecule has 196 valence electrons. The number of amides is 1. The van der Waals surface area contributed by atoms with Crippen LogP contribution in [-0.4, -0.2) is 44.7 Å². The molecule has 1 atom stereocenters. The zero-order valence-corrected chi connectivity index (χ0v) is 20.2. The average Bonchev–Trinajstić information content (AvgIpc) is 3.36. The summed E-state index contributed by atoms with van der Waals surface area (Å²) >= 11 is 0. The van der Waals surface area contributed by atoms with Gasteiger partial charge in [0.25, 0.3) is 5.91 Å². The number of pyridine rings is 2. The number of aromatic amines is 1. The van der Waals surface area contributed by atoms with Crippen LogP contribution in [-0.2, 0) is 11.2 Å². The first-order valence-electron chi connectivity index (χ1n) is 11.7. The zero-order valence-electron chi connectivity index (χ0n) is 20.2. The van der Waals surface area contributed by atoms with Crippen molar-refractivity contribution in [3.63, 3.8) is 0 Å². The standard InChI is InChI=1S/C25H23N5O.C2HF3O2/c1-16(17-5-3-2-4-6-17)29-24-8-7-19(15-28-24)22-13-18(9-11-26-22)23-14-20-21(30-23)10-12-27-25(20)31;3-2(4,5)1(6)7/h2-9,11,13-16,30H,10,12H2,1H3,(H,27,31)(H,28,29);(H,6,7)/t16-;/m0./s1. The van der Waals surface area contributed by atoms with E-state index in [0.717, 1.165) is 46.0 Å². The summed E-state index contributed by atoms with van der Waals surface area (Å²) in [5, 5.41) is 13.4. The van der Waals surface area contributed by atoms with E-state index in [0.29, 0.717) is 6.54 Å². The molecular formula is C27H24F3N5O3. The van der Waals surface area contributed by atoms with Crippen molar-refractivity contribution in [2.75, 3.05) is 11.9 Å². The molecule has 38 heavy (non-hydrogen) atoms. The monoisotopic (exact) mass is 523 g/mol. The number of anilines is 1. The Labute approximate surface area is 216 Å². The lowest BCUT2D eigenvalue weighted by atomic mass is 10.1. The number of aliphatic carboxylic acids is 1. The van der Waals surface area contributed by atoms with E-state index in [1.165, 1.54) is 5.56 Å². The number of fused-ring (bicyclic) bond motifs is 1. The highest BCUT2D eigenvalue weighted by Crippen LogP contribution is 2.27. The van der Waals surface area contributed by atoms with Crippen LogP contribution in [0, 0.1) is 0 Å². The van der Waals surface area contributed by atoms with Crippen molar-refractivity contribution in [2.45, 2.75) is 25.6 Å². The van der Waals surface area contributed by atoms with Gasteiger partial charge in [0.15, 0.2) is 0 Å². The first-order valence-corrected chi connectivity index (χ1v) is 11.7. The van der Waals surface area contributed by atoms with Crippen LogP contribution in [0.2, 0.25) is 0 Å². The van der Waals surface area contributed by atoms with E-state index >= 15 is 0 Å². The van der Waals surface area contributed by atoms with Gasteiger partial charge in [0.05, 0.1) is 11.3 Å². The minimum atomic E-state index is -5.08. The highest BCUT2D eigenvalue weighted by Gasteiger charge is 2.38. The average molecular weight is 524 g/mol. The maximum Gasteiger partial charge on any atom is 0.490 e. The van der Waals surface area contributed by atoms with Crippen LogP contribution in [0.5, 0.6) is 0 Å². The van der Waals surface area contributed by atoms with Crippen LogP contribution in [0.15, 0.2) is 73.1 Å². The lowest BCUT2D eigenvalue weighted by Gasteiger charge is -2.15. The number of alkyl halides is 3. The van der Waals surface area contributed by atoms with E-state index in [-0.39, 0.29) is 11.9 Å². The van der Waals surface area contributed by atoms with Gasteiger partial charge in [-0.15, -0.1) is 0 Å². The summed E-state index contributed by atoms with van der Waals surface area (Å²) in [6.45, 7) is 2.79. The third-order valence-corrected chi connectivity index (χ3v) is 5.84. The van der Waals surface area contributed by atoms with Crippen molar-refractivity contribution in [1.82, 2.24) is 20.3 Å². The third kappa shape index (κ3) is 6.36. The zero-order chi connectivity index (χ0) is 27.3. The van der Waals surface area contributed by atoms with E-state index < -0.39 is 12.1 Å². The number of hydrogen-bond acceptors (Lipinski definition) is 5. The molecule has 0 bridgehead atoms. The van der Waals surface area contributed by atoms with Crippen LogP contribution in [0.3, 0.4) is 0 Å². The molecule has 4 N–H and O–H groups in total. The highest BCUT2D eigenvalue weighted by atomic mass is 19.4. The Bertz CT molecular complexity index is 1420. The fourth-order valence-electron chi connectivity index (χ4n) is 3.88. The van der Waals surface area contributed by atoms with Gasteiger partial charge in [-0.25, -0.2) is 9.78 Å². The Kier molecular flexibility index (Phi) is 7.75. The Hall–Kier alpha value is -4.67. The van der Waals surface area contributed by atoms with Crippen molar-refractivity contribution < 1.29 is 27.9 Å². The van der Waals surface area contributed by atoms with Gasteiger partial charge in [-0.3, -0.25) is 9.78 Å². The number of carbonyl (C=O) groups is 2. The highest BCUT2D eigenvalue weighted by molar-refractivity contribution is 5.97. The van der Waals surface area contributed by atoms with Crippen molar-refractivity contribution in [3.05, 3.63) is 89.9 Å². The number of hydrogen-bond donors (Lipinski definition) is 4. The quantitative estimate of drug-likeness (QED) is 0.284. The van der Waals surface area contributed by atoms with Gasteiger partial charge in [0.2, 0.25) is 0 Å². The molecule has 5 rings (SSSR count). The van der Waals surface area contributed by atoms with Gasteiger partial charge in [-0.1, -0.05) is 30.3 Å². The van der Waals surface area contributed by atoms with E-state index in [2.05, 4.69) is 44.6 Å². The molecular weight excluding hydrogens is 499 g/mol. The molecule has 1 amide bonds. The number of aromatic nitrogens is 3. The van der Waals surface area contributed by atoms with Crippen molar-refractivity contribution >= 4 is 17.7 Å². The molecule has 0 spiro atoms. The Morgan fingerprint density at radius 1 is 1.05 bits per heavy atom. The molecule has 3 aromatic heterocycles. The van der Waals surface area contributed by atoms with Gasteiger partial charge in [-0.05, 0) is 42.8 Å². The molecule has 0 saturated heterocycles. The fraction of sp³-hybridized carbons (Fsp3) is 0.185. The number of H-pyrrole nitrogens is 1. The lowest BCUT2D eigenvalue weighted by molar-refractivity contribution is -0.192. The number of carbonyl (C=O) groups excluding carboxylic acids is 1. The molecule has 0 unspecified atom stereocenters. The summed E-state index contributed by atoms with van der Waals surface area (Å²) < 4.78 is 31.7. The Morgan fingerprint density at radius 2 is 1.79 bits per heavy atom. The molecule has 0 radical (unpaired) electrons. The summed E-state index contributed by atoms with van der Waals surface area (Å²) in [6, 6.07) is 20.3. The van der Waals surface area contributed by atoms with Crippen molar-refractivity contribution in [1.29, 1.82) is 0 Å². The Balaban J connectivity index is 0.000000426. The predicted molar refractivity (Wildman–Crippen MR) is 135 cm³/mol. The van der Waals surface area contributed by atoms with Crippen LogP contribution < -0.4 is 10.6 Å².